The normalized spacial score (nSPS) is 14.7. The van der Waals surface area contributed by atoms with Crippen molar-refractivity contribution in [3.8, 4) is 0 Å². The Hall–Kier alpha value is -3.16. The number of carbonyl (C=O) groups excluding carboxylic acids is 1. The molecule has 4 heterocycles. The average Bonchev–Trinajstić information content (AvgIpc) is 2.98. The van der Waals surface area contributed by atoms with Crippen LogP contribution in [0.15, 0.2) is 36.8 Å². The summed E-state index contributed by atoms with van der Waals surface area (Å²) in [7, 11) is 0. The lowest BCUT2D eigenvalue weighted by Crippen LogP contribution is -2.28. The van der Waals surface area contributed by atoms with Gasteiger partial charge in [-0.2, -0.15) is 5.10 Å². The highest BCUT2D eigenvalue weighted by atomic mass is 16.2. The van der Waals surface area contributed by atoms with E-state index in [1.807, 2.05) is 29.1 Å². The van der Waals surface area contributed by atoms with E-state index in [1.54, 1.807) is 12.4 Å². The van der Waals surface area contributed by atoms with E-state index in [-0.39, 0.29) is 12.1 Å². The van der Waals surface area contributed by atoms with Crippen molar-refractivity contribution in [3.63, 3.8) is 0 Å². The first-order valence-corrected chi connectivity index (χ1v) is 10.7. The number of urea groups is 1. The highest BCUT2D eigenvalue weighted by Crippen LogP contribution is 2.19. The van der Waals surface area contributed by atoms with Gasteiger partial charge in [-0.3, -0.25) is 0 Å². The first-order chi connectivity index (χ1) is 14.6. The summed E-state index contributed by atoms with van der Waals surface area (Å²) in [6.45, 7) is 6.68. The predicted molar refractivity (Wildman–Crippen MR) is 119 cm³/mol. The van der Waals surface area contributed by atoms with Crippen LogP contribution in [0.3, 0.4) is 0 Å². The Balaban J connectivity index is 1.31. The minimum absolute atomic E-state index is 0.233. The van der Waals surface area contributed by atoms with Gasteiger partial charge in [-0.25, -0.2) is 19.4 Å². The molecule has 1 aliphatic rings. The third-order valence-electron chi connectivity index (χ3n) is 5.37. The molecule has 0 unspecified atom stereocenters. The minimum Gasteiger partial charge on any atom is -0.357 e. The fourth-order valence-corrected chi connectivity index (χ4v) is 3.75. The number of fused-ring (bicyclic) bond motifs is 1. The van der Waals surface area contributed by atoms with Crippen LogP contribution in [0.4, 0.5) is 16.3 Å². The average molecular weight is 408 g/mol. The van der Waals surface area contributed by atoms with E-state index in [1.165, 1.54) is 25.7 Å². The zero-order valence-electron chi connectivity index (χ0n) is 17.6. The third-order valence-corrected chi connectivity index (χ3v) is 5.37. The van der Waals surface area contributed by atoms with Gasteiger partial charge in [-0.1, -0.05) is 18.9 Å². The van der Waals surface area contributed by atoms with E-state index in [0.29, 0.717) is 12.2 Å². The van der Waals surface area contributed by atoms with Gasteiger partial charge in [0.25, 0.3) is 0 Å². The zero-order chi connectivity index (χ0) is 20.9. The van der Waals surface area contributed by atoms with Crippen LogP contribution in [0.2, 0.25) is 0 Å². The van der Waals surface area contributed by atoms with Crippen molar-refractivity contribution < 1.29 is 4.79 Å². The van der Waals surface area contributed by atoms with Crippen LogP contribution in [0.25, 0.3) is 11.0 Å². The fraction of sp³-hybridized carbons (Fsp3) is 0.455. The number of aromatic nitrogens is 4. The molecular formula is C22H29N7O. The maximum absolute atomic E-state index is 12.3. The molecule has 0 spiro atoms. The molecule has 8 heteroatoms. The number of rotatable bonds is 5. The second-order valence-corrected chi connectivity index (χ2v) is 8.05. The Bertz CT molecular complexity index is 988. The Morgan fingerprint density at radius 1 is 1.07 bits per heavy atom. The molecule has 1 saturated heterocycles. The van der Waals surface area contributed by atoms with Crippen LogP contribution in [0.1, 0.15) is 51.1 Å². The summed E-state index contributed by atoms with van der Waals surface area (Å²) in [6.07, 6.45) is 10.3. The van der Waals surface area contributed by atoms with Crippen molar-refractivity contribution >= 4 is 28.6 Å². The van der Waals surface area contributed by atoms with Gasteiger partial charge >= 0.3 is 6.03 Å². The second kappa shape index (κ2) is 9.11. The molecule has 3 aromatic rings. The molecule has 0 saturated carbocycles. The van der Waals surface area contributed by atoms with Crippen molar-refractivity contribution in [2.75, 3.05) is 23.3 Å². The second-order valence-electron chi connectivity index (χ2n) is 8.05. The van der Waals surface area contributed by atoms with E-state index in [9.17, 15) is 4.79 Å². The Labute approximate surface area is 176 Å². The van der Waals surface area contributed by atoms with Gasteiger partial charge in [0.2, 0.25) is 0 Å². The molecule has 0 bridgehead atoms. The van der Waals surface area contributed by atoms with Gasteiger partial charge in [-0.05, 0) is 44.4 Å². The molecule has 0 atom stereocenters. The number of anilines is 2. The summed E-state index contributed by atoms with van der Waals surface area (Å²) in [6, 6.07) is 5.91. The molecule has 2 N–H and O–H groups in total. The number of nitrogens with one attached hydrogen (secondary N) is 2. The molecule has 3 aromatic heterocycles. The van der Waals surface area contributed by atoms with Crippen molar-refractivity contribution in [3.05, 3.63) is 42.4 Å². The SMILES string of the molecule is CC(C)n1ncc2cc(NC(=O)NCc3ccc(N4CCCCCC4)nc3)cnc21. The predicted octanol–water partition coefficient (Wildman–Crippen LogP) is 4.11. The van der Waals surface area contributed by atoms with E-state index in [4.69, 9.17) is 0 Å². The van der Waals surface area contributed by atoms with Gasteiger partial charge in [0.1, 0.15) is 5.82 Å². The number of carbonyl (C=O) groups is 1. The molecule has 2 amide bonds. The summed E-state index contributed by atoms with van der Waals surface area (Å²) in [5.74, 6) is 1.02. The molecule has 1 fully saturated rings. The largest absolute Gasteiger partial charge is 0.357 e. The lowest BCUT2D eigenvalue weighted by atomic mass is 10.2. The molecule has 0 aliphatic carbocycles. The summed E-state index contributed by atoms with van der Waals surface area (Å²) >= 11 is 0. The van der Waals surface area contributed by atoms with Crippen LogP contribution >= 0.6 is 0 Å². The molecule has 0 aromatic carbocycles. The van der Waals surface area contributed by atoms with Crippen LogP contribution in [-0.4, -0.2) is 38.9 Å². The zero-order valence-corrected chi connectivity index (χ0v) is 17.6. The topological polar surface area (TPSA) is 88.0 Å². The van der Waals surface area contributed by atoms with Gasteiger partial charge in [0.15, 0.2) is 5.65 Å². The summed E-state index contributed by atoms with van der Waals surface area (Å²) in [4.78, 5) is 23.7. The monoisotopic (exact) mass is 407 g/mol. The van der Waals surface area contributed by atoms with Crippen molar-refractivity contribution in [1.82, 2.24) is 25.1 Å². The summed E-state index contributed by atoms with van der Waals surface area (Å²) in [5.41, 5.74) is 2.42. The Morgan fingerprint density at radius 2 is 1.87 bits per heavy atom. The Kier molecular flexibility index (Phi) is 6.11. The highest BCUT2D eigenvalue weighted by Gasteiger charge is 2.12. The molecule has 158 valence electrons. The van der Waals surface area contributed by atoms with Gasteiger partial charge in [0, 0.05) is 37.3 Å². The molecule has 0 radical (unpaired) electrons. The van der Waals surface area contributed by atoms with E-state index in [2.05, 4.69) is 44.4 Å². The number of pyridine rings is 2. The van der Waals surface area contributed by atoms with Crippen molar-refractivity contribution in [2.24, 2.45) is 0 Å². The number of hydrogen-bond donors (Lipinski definition) is 2. The first-order valence-electron chi connectivity index (χ1n) is 10.7. The van der Waals surface area contributed by atoms with Gasteiger partial charge < -0.3 is 15.5 Å². The fourth-order valence-electron chi connectivity index (χ4n) is 3.75. The van der Waals surface area contributed by atoms with Gasteiger partial charge in [-0.15, -0.1) is 0 Å². The van der Waals surface area contributed by atoms with E-state index >= 15 is 0 Å². The van der Waals surface area contributed by atoms with Crippen LogP contribution in [0, 0.1) is 0 Å². The van der Waals surface area contributed by atoms with Crippen molar-refractivity contribution in [2.45, 2.75) is 52.1 Å². The number of amides is 2. The number of hydrogen-bond acceptors (Lipinski definition) is 5. The first kappa shape index (κ1) is 20.1. The maximum Gasteiger partial charge on any atom is 0.319 e. The number of nitrogens with zero attached hydrogens (tertiary/aromatic N) is 5. The van der Waals surface area contributed by atoms with Crippen LogP contribution < -0.4 is 15.5 Å². The molecular weight excluding hydrogens is 378 g/mol. The third kappa shape index (κ3) is 4.69. The lowest BCUT2D eigenvalue weighted by Gasteiger charge is -2.21. The lowest BCUT2D eigenvalue weighted by molar-refractivity contribution is 0.251. The van der Waals surface area contributed by atoms with Crippen LogP contribution in [-0.2, 0) is 6.54 Å². The smallest absolute Gasteiger partial charge is 0.319 e. The highest BCUT2D eigenvalue weighted by molar-refractivity contribution is 5.91. The molecule has 8 nitrogen and oxygen atoms in total. The van der Waals surface area contributed by atoms with Gasteiger partial charge in [0.05, 0.1) is 18.1 Å². The molecule has 4 rings (SSSR count). The summed E-state index contributed by atoms with van der Waals surface area (Å²) in [5, 5.41) is 11.0. The van der Waals surface area contributed by atoms with E-state index in [0.717, 1.165) is 35.5 Å². The Morgan fingerprint density at radius 3 is 2.57 bits per heavy atom. The van der Waals surface area contributed by atoms with Crippen molar-refractivity contribution in [1.29, 1.82) is 0 Å². The quantitative estimate of drug-likeness (QED) is 0.665. The van der Waals surface area contributed by atoms with E-state index < -0.39 is 0 Å². The maximum atomic E-state index is 12.3. The molecule has 1 aliphatic heterocycles. The standard InChI is InChI=1S/C22H29N7O/c1-16(2)29-21-18(14-26-29)11-19(15-24-21)27-22(30)25-13-17-7-8-20(23-12-17)28-9-5-3-4-6-10-28/h7-8,11-12,14-16H,3-6,9-10,13H2,1-2H3,(H2,25,27,30). The molecule has 30 heavy (non-hydrogen) atoms. The van der Waals surface area contributed by atoms with Crippen LogP contribution in [0.5, 0.6) is 0 Å². The summed E-state index contributed by atoms with van der Waals surface area (Å²) < 4.78 is 1.86. The minimum atomic E-state index is -0.274.